The number of hydrogen-bond acceptors (Lipinski definition) is 4. The van der Waals surface area contributed by atoms with Gasteiger partial charge in [0.25, 0.3) is 10.1 Å². The van der Waals surface area contributed by atoms with Crippen molar-refractivity contribution in [1.29, 1.82) is 0 Å². The molecule has 0 aliphatic carbocycles. The summed E-state index contributed by atoms with van der Waals surface area (Å²) in [4.78, 5) is 0. The van der Waals surface area contributed by atoms with Crippen LogP contribution in [0.4, 0.5) is 0 Å². The van der Waals surface area contributed by atoms with Gasteiger partial charge in [-0.1, -0.05) is 11.6 Å². The fourth-order valence-corrected chi connectivity index (χ4v) is 1.95. The highest BCUT2D eigenvalue weighted by Gasteiger charge is 2.05. The molecule has 0 aliphatic heterocycles. The first-order valence-electron chi connectivity index (χ1n) is 3.04. The molecule has 0 saturated carbocycles. The van der Waals surface area contributed by atoms with Gasteiger partial charge in [0.1, 0.15) is 0 Å². The van der Waals surface area contributed by atoms with Gasteiger partial charge < -0.3 is 0 Å². The van der Waals surface area contributed by atoms with Crippen molar-refractivity contribution in [2.24, 2.45) is 0 Å². The summed E-state index contributed by atoms with van der Waals surface area (Å²) in [6.45, 7) is 0.0150. The summed E-state index contributed by atoms with van der Waals surface area (Å²) < 4.78 is 25.7. The monoisotopic (exact) mass is 226 g/mol. The van der Waals surface area contributed by atoms with Gasteiger partial charge in [-0.2, -0.15) is 19.8 Å². The van der Waals surface area contributed by atoms with Gasteiger partial charge in [-0.25, -0.2) is 0 Å². The maximum absolute atomic E-state index is 10.6. The van der Waals surface area contributed by atoms with Gasteiger partial charge in [0.05, 0.1) is 17.9 Å². The Kier molecular flexibility index (Phi) is 3.11. The Balaban J connectivity index is 2.61. The highest BCUT2D eigenvalue weighted by Crippen LogP contribution is 2.21. The molecule has 3 nitrogen and oxygen atoms in total. The molecule has 6 heteroatoms. The van der Waals surface area contributed by atoms with Gasteiger partial charge >= 0.3 is 0 Å². The van der Waals surface area contributed by atoms with E-state index in [0.29, 0.717) is 10.6 Å². The predicted molar refractivity (Wildman–Crippen MR) is 49.0 cm³/mol. The molecule has 0 N–H and O–H groups in total. The van der Waals surface area contributed by atoms with Crippen LogP contribution < -0.4 is 0 Å². The Labute approximate surface area is 80.1 Å². The first-order chi connectivity index (χ1) is 5.49. The lowest BCUT2D eigenvalue weighted by Gasteiger charge is -1.98. The highest BCUT2D eigenvalue weighted by atomic mass is 35.5. The van der Waals surface area contributed by atoms with Crippen molar-refractivity contribution in [3.8, 4) is 0 Å². The fourth-order valence-electron chi connectivity index (χ4n) is 0.581. The number of rotatable bonds is 3. The second-order valence-corrected chi connectivity index (χ2v) is 5.01. The average Bonchev–Trinajstić information content (AvgIpc) is 2.29. The first kappa shape index (κ1) is 9.98. The second-order valence-electron chi connectivity index (χ2n) is 2.21. The lowest BCUT2D eigenvalue weighted by Crippen LogP contribution is -2.01. The van der Waals surface area contributed by atoms with Crippen molar-refractivity contribution in [2.75, 3.05) is 6.26 Å². The zero-order chi connectivity index (χ0) is 9.19. The van der Waals surface area contributed by atoms with E-state index in [2.05, 4.69) is 4.18 Å². The van der Waals surface area contributed by atoms with Crippen molar-refractivity contribution < 1.29 is 12.6 Å². The lowest BCUT2D eigenvalue weighted by molar-refractivity contribution is 0.312. The van der Waals surface area contributed by atoms with Crippen LogP contribution in [0.1, 0.15) is 5.56 Å². The van der Waals surface area contributed by atoms with Gasteiger partial charge in [-0.3, -0.25) is 4.18 Å². The van der Waals surface area contributed by atoms with Gasteiger partial charge in [0.2, 0.25) is 0 Å². The normalized spacial score (nSPS) is 11.8. The van der Waals surface area contributed by atoms with Crippen LogP contribution >= 0.6 is 22.9 Å². The van der Waals surface area contributed by atoms with Gasteiger partial charge in [-0.05, 0) is 5.38 Å². The molecule has 0 spiro atoms. The van der Waals surface area contributed by atoms with Crippen LogP contribution in [0.5, 0.6) is 0 Å². The van der Waals surface area contributed by atoms with Crippen LogP contribution in [0.25, 0.3) is 0 Å². The summed E-state index contributed by atoms with van der Waals surface area (Å²) in [5.41, 5.74) is 0.701. The molecule has 1 rings (SSSR count). The maximum atomic E-state index is 10.6. The SMILES string of the molecule is CS(=O)(=O)OCc1cscc1Cl. The Morgan fingerprint density at radius 2 is 2.25 bits per heavy atom. The predicted octanol–water partition coefficient (Wildman–Crippen LogP) is 1.88. The van der Waals surface area contributed by atoms with Gasteiger partial charge in [0.15, 0.2) is 0 Å². The van der Waals surface area contributed by atoms with Crippen LogP contribution in [0, 0.1) is 0 Å². The average molecular weight is 227 g/mol. The molecule has 0 fully saturated rings. The zero-order valence-electron chi connectivity index (χ0n) is 6.28. The summed E-state index contributed by atoms with van der Waals surface area (Å²) in [5.74, 6) is 0. The molecule has 0 unspecified atom stereocenters. The number of thiophene rings is 1. The summed E-state index contributed by atoms with van der Waals surface area (Å²) >= 11 is 7.11. The summed E-state index contributed by atoms with van der Waals surface area (Å²) in [7, 11) is -3.37. The van der Waals surface area contributed by atoms with E-state index in [-0.39, 0.29) is 6.61 Å². The van der Waals surface area contributed by atoms with Crippen molar-refractivity contribution in [3.63, 3.8) is 0 Å². The molecule has 1 aromatic rings. The third-order valence-electron chi connectivity index (χ3n) is 1.12. The molecule has 12 heavy (non-hydrogen) atoms. The molecule has 0 saturated heterocycles. The molecule has 0 atom stereocenters. The molecule has 68 valence electrons. The third kappa shape index (κ3) is 3.10. The van der Waals surface area contributed by atoms with Crippen molar-refractivity contribution in [1.82, 2.24) is 0 Å². The van der Waals surface area contributed by atoms with E-state index in [9.17, 15) is 8.42 Å². The van der Waals surface area contributed by atoms with Crippen LogP contribution in [-0.2, 0) is 20.9 Å². The smallest absolute Gasteiger partial charge is 0.264 e. The van der Waals surface area contributed by atoms with Crippen LogP contribution in [0.3, 0.4) is 0 Å². The molecule has 1 heterocycles. The van der Waals surface area contributed by atoms with E-state index in [1.807, 2.05) is 0 Å². The van der Waals surface area contributed by atoms with Crippen LogP contribution in [0.2, 0.25) is 5.02 Å². The Hall–Kier alpha value is -0.100. The van der Waals surface area contributed by atoms with Crippen molar-refractivity contribution in [3.05, 3.63) is 21.3 Å². The Morgan fingerprint density at radius 3 is 2.67 bits per heavy atom. The fraction of sp³-hybridized carbons (Fsp3) is 0.333. The summed E-state index contributed by atoms with van der Waals surface area (Å²) in [5, 5.41) is 4.03. The van der Waals surface area contributed by atoms with E-state index < -0.39 is 10.1 Å². The van der Waals surface area contributed by atoms with E-state index in [1.54, 1.807) is 10.8 Å². The number of halogens is 1. The number of hydrogen-bond donors (Lipinski definition) is 0. The Morgan fingerprint density at radius 1 is 1.58 bits per heavy atom. The minimum atomic E-state index is -3.37. The maximum Gasteiger partial charge on any atom is 0.264 e. The molecule has 0 bridgehead atoms. The standard InChI is InChI=1S/C6H7ClO3S2/c1-12(8,9)10-2-5-3-11-4-6(5)7/h3-4H,2H2,1H3. The van der Waals surface area contributed by atoms with E-state index in [1.165, 1.54) is 11.3 Å². The van der Waals surface area contributed by atoms with E-state index in [4.69, 9.17) is 11.6 Å². The zero-order valence-corrected chi connectivity index (χ0v) is 8.67. The molecular formula is C6H7ClO3S2. The topological polar surface area (TPSA) is 43.4 Å². The minimum absolute atomic E-state index is 0.0150. The Bertz CT molecular complexity index is 355. The first-order valence-corrected chi connectivity index (χ1v) is 6.18. The quantitative estimate of drug-likeness (QED) is 0.740. The van der Waals surface area contributed by atoms with Gasteiger partial charge in [0, 0.05) is 10.9 Å². The largest absolute Gasteiger partial charge is 0.265 e. The van der Waals surface area contributed by atoms with Crippen LogP contribution in [0.15, 0.2) is 10.8 Å². The molecule has 0 aliphatic rings. The lowest BCUT2D eigenvalue weighted by atomic mass is 10.4. The third-order valence-corrected chi connectivity index (χ3v) is 2.94. The van der Waals surface area contributed by atoms with Crippen molar-refractivity contribution in [2.45, 2.75) is 6.61 Å². The molecule has 0 amide bonds. The second kappa shape index (κ2) is 3.74. The van der Waals surface area contributed by atoms with E-state index >= 15 is 0 Å². The molecule has 0 radical (unpaired) electrons. The highest BCUT2D eigenvalue weighted by molar-refractivity contribution is 7.85. The minimum Gasteiger partial charge on any atom is -0.265 e. The van der Waals surface area contributed by atoms with E-state index in [0.717, 1.165) is 6.26 Å². The molecule has 0 aromatic carbocycles. The molecule has 1 aromatic heterocycles. The van der Waals surface area contributed by atoms with Crippen LogP contribution in [-0.4, -0.2) is 14.7 Å². The van der Waals surface area contributed by atoms with Gasteiger partial charge in [-0.15, -0.1) is 0 Å². The van der Waals surface area contributed by atoms with Crippen molar-refractivity contribution >= 4 is 33.1 Å². The molecular weight excluding hydrogens is 220 g/mol. The summed E-state index contributed by atoms with van der Waals surface area (Å²) in [6, 6.07) is 0. The summed E-state index contributed by atoms with van der Waals surface area (Å²) in [6.07, 6.45) is 1.01.